The number of hydrogen-bond donors (Lipinski definition) is 1. The fourth-order valence-electron chi connectivity index (χ4n) is 3.43. The maximum atomic E-state index is 12.6. The predicted molar refractivity (Wildman–Crippen MR) is 88.9 cm³/mol. The molecule has 2 saturated heterocycles. The van der Waals surface area contributed by atoms with E-state index in [9.17, 15) is 4.79 Å². The molecule has 0 saturated carbocycles. The van der Waals surface area contributed by atoms with Crippen molar-refractivity contribution >= 4 is 5.91 Å². The van der Waals surface area contributed by atoms with Crippen molar-refractivity contribution in [2.45, 2.75) is 38.8 Å². The van der Waals surface area contributed by atoms with Crippen LogP contribution >= 0.6 is 0 Å². The molecule has 4 nitrogen and oxygen atoms in total. The quantitative estimate of drug-likeness (QED) is 0.929. The lowest BCUT2D eigenvalue weighted by atomic mass is 10.1. The molecule has 120 valence electrons. The summed E-state index contributed by atoms with van der Waals surface area (Å²) in [4.78, 5) is 17.1. The van der Waals surface area contributed by atoms with Crippen LogP contribution in [0.4, 0.5) is 0 Å². The zero-order valence-electron chi connectivity index (χ0n) is 13.6. The third kappa shape index (κ3) is 3.68. The first-order chi connectivity index (χ1) is 10.7. The largest absolute Gasteiger partial charge is 0.339 e. The van der Waals surface area contributed by atoms with Crippen LogP contribution in [-0.4, -0.2) is 54.5 Å². The van der Waals surface area contributed by atoms with E-state index in [0.29, 0.717) is 6.04 Å². The summed E-state index contributed by atoms with van der Waals surface area (Å²) >= 11 is 0. The van der Waals surface area contributed by atoms with Gasteiger partial charge < -0.3 is 10.2 Å². The molecule has 0 aliphatic carbocycles. The second-order valence-electron chi connectivity index (χ2n) is 6.58. The van der Waals surface area contributed by atoms with E-state index >= 15 is 0 Å². The van der Waals surface area contributed by atoms with E-state index < -0.39 is 0 Å². The number of piperazine rings is 1. The van der Waals surface area contributed by atoms with Crippen molar-refractivity contribution in [3.8, 4) is 0 Å². The number of carbonyl (C=O) groups is 1. The smallest absolute Gasteiger partial charge is 0.253 e. The third-order valence-corrected chi connectivity index (χ3v) is 4.84. The molecule has 2 fully saturated rings. The van der Waals surface area contributed by atoms with Gasteiger partial charge in [0.05, 0.1) is 0 Å². The molecule has 22 heavy (non-hydrogen) atoms. The Morgan fingerprint density at radius 3 is 2.82 bits per heavy atom. The van der Waals surface area contributed by atoms with E-state index in [2.05, 4.69) is 29.3 Å². The number of hydrogen-bond acceptors (Lipinski definition) is 3. The fraction of sp³-hybridized carbons (Fsp3) is 0.611. The van der Waals surface area contributed by atoms with Gasteiger partial charge in [-0.1, -0.05) is 12.1 Å². The molecule has 1 aromatic rings. The number of rotatable bonds is 3. The molecule has 0 unspecified atom stereocenters. The van der Waals surface area contributed by atoms with Gasteiger partial charge in [-0.2, -0.15) is 0 Å². The van der Waals surface area contributed by atoms with Crippen LogP contribution in [0.5, 0.6) is 0 Å². The molecule has 0 aromatic heterocycles. The minimum atomic E-state index is 0.204. The van der Waals surface area contributed by atoms with Crippen LogP contribution in [0.3, 0.4) is 0 Å². The van der Waals surface area contributed by atoms with Crippen molar-refractivity contribution in [1.29, 1.82) is 0 Å². The van der Waals surface area contributed by atoms with Crippen LogP contribution < -0.4 is 5.32 Å². The highest BCUT2D eigenvalue weighted by atomic mass is 16.2. The number of nitrogens with zero attached hydrogens (tertiary/aromatic N) is 2. The summed E-state index contributed by atoms with van der Waals surface area (Å²) in [6.45, 7) is 8.20. The van der Waals surface area contributed by atoms with Crippen LogP contribution in [0, 0.1) is 0 Å². The molecule has 2 aliphatic rings. The van der Waals surface area contributed by atoms with Crippen LogP contribution in [0.25, 0.3) is 0 Å². The summed E-state index contributed by atoms with van der Waals surface area (Å²) < 4.78 is 0. The lowest BCUT2D eigenvalue weighted by molar-refractivity contribution is 0.0724. The van der Waals surface area contributed by atoms with Gasteiger partial charge in [0, 0.05) is 50.9 Å². The minimum absolute atomic E-state index is 0.204. The van der Waals surface area contributed by atoms with Gasteiger partial charge in [-0.3, -0.25) is 9.69 Å². The molecule has 1 N–H and O–H groups in total. The summed E-state index contributed by atoms with van der Waals surface area (Å²) in [7, 11) is 0. The zero-order chi connectivity index (χ0) is 15.4. The second kappa shape index (κ2) is 7.25. The van der Waals surface area contributed by atoms with Gasteiger partial charge in [-0.15, -0.1) is 0 Å². The number of amides is 1. The van der Waals surface area contributed by atoms with Gasteiger partial charge in [0.2, 0.25) is 0 Å². The number of benzene rings is 1. The molecular weight excluding hydrogens is 274 g/mol. The van der Waals surface area contributed by atoms with E-state index in [-0.39, 0.29) is 5.91 Å². The molecule has 1 aromatic carbocycles. The van der Waals surface area contributed by atoms with Gasteiger partial charge >= 0.3 is 0 Å². The highest BCUT2D eigenvalue weighted by Crippen LogP contribution is 2.16. The Labute approximate surface area is 133 Å². The van der Waals surface area contributed by atoms with Gasteiger partial charge in [-0.05, 0) is 43.9 Å². The van der Waals surface area contributed by atoms with Crippen molar-refractivity contribution in [2.75, 3.05) is 32.7 Å². The van der Waals surface area contributed by atoms with E-state index in [0.717, 1.165) is 57.7 Å². The number of likely N-dealkylation sites (tertiary alicyclic amines) is 1. The molecule has 1 atom stereocenters. The van der Waals surface area contributed by atoms with Crippen LogP contribution in [-0.2, 0) is 6.54 Å². The van der Waals surface area contributed by atoms with Crippen molar-refractivity contribution in [1.82, 2.24) is 15.1 Å². The summed E-state index contributed by atoms with van der Waals surface area (Å²) in [5, 5.41) is 3.42. The van der Waals surface area contributed by atoms with Crippen LogP contribution in [0.15, 0.2) is 24.3 Å². The number of nitrogens with one attached hydrogen (secondary N) is 1. The molecule has 2 heterocycles. The van der Waals surface area contributed by atoms with E-state index in [1.165, 1.54) is 12.0 Å². The lowest BCUT2D eigenvalue weighted by Gasteiger charge is -2.34. The Morgan fingerprint density at radius 2 is 2.05 bits per heavy atom. The monoisotopic (exact) mass is 301 g/mol. The number of piperidine rings is 1. The molecule has 4 heteroatoms. The summed E-state index contributed by atoms with van der Waals surface area (Å²) in [5.74, 6) is 0.204. The molecule has 2 aliphatic heterocycles. The Bertz CT molecular complexity index is 511. The standard InChI is InChI=1S/C18H27N3O/c1-15-13-19-8-11-21(15)14-16-6-5-7-17(12-16)18(22)20-9-3-2-4-10-20/h5-7,12,15,19H,2-4,8-11,13-14H2,1H3/t15-/m0/s1. The Kier molecular flexibility index (Phi) is 5.11. The lowest BCUT2D eigenvalue weighted by Crippen LogP contribution is -2.49. The first-order valence-electron chi connectivity index (χ1n) is 8.57. The topological polar surface area (TPSA) is 35.6 Å². The van der Waals surface area contributed by atoms with Crippen molar-refractivity contribution in [2.24, 2.45) is 0 Å². The SMILES string of the molecule is C[C@H]1CNCCN1Cc1cccc(C(=O)N2CCCCC2)c1. The van der Waals surface area contributed by atoms with Gasteiger partial charge in [0.15, 0.2) is 0 Å². The van der Waals surface area contributed by atoms with E-state index in [1.807, 2.05) is 17.0 Å². The van der Waals surface area contributed by atoms with E-state index in [1.54, 1.807) is 0 Å². The van der Waals surface area contributed by atoms with E-state index in [4.69, 9.17) is 0 Å². The number of carbonyl (C=O) groups excluding carboxylic acids is 1. The van der Waals surface area contributed by atoms with Gasteiger partial charge in [0.1, 0.15) is 0 Å². The molecule has 0 bridgehead atoms. The molecule has 0 spiro atoms. The predicted octanol–water partition coefficient (Wildman–Crippen LogP) is 2.11. The first-order valence-corrected chi connectivity index (χ1v) is 8.57. The van der Waals surface area contributed by atoms with Crippen molar-refractivity contribution < 1.29 is 4.79 Å². The summed E-state index contributed by atoms with van der Waals surface area (Å²) in [6.07, 6.45) is 3.54. The average Bonchev–Trinajstić information content (AvgIpc) is 2.57. The molecular formula is C18H27N3O. The Balaban J connectivity index is 1.67. The molecule has 1 amide bonds. The Morgan fingerprint density at radius 1 is 1.23 bits per heavy atom. The third-order valence-electron chi connectivity index (χ3n) is 4.84. The first kappa shape index (κ1) is 15.5. The van der Waals surface area contributed by atoms with Crippen LogP contribution in [0.1, 0.15) is 42.1 Å². The average molecular weight is 301 g/mol. The second-order valence-corrected chi connectivity index (χ2v) is 6.58. The summed E-state index contributed by atoms with van der Waals surface area (Å²) in [5.41, 5.74) is 2.10. The van der Waals surface area contributed by atoms with Crippen molar-refractivity contribution in [3.05, 3.63) is 35.4 Å². The normalized spacial score (nSPS) is 23.5. The molecule has 3 rings (SSSR count). The highest BCUT2D eigenvalue weighted by Gasteiger charge is 2.20. The van der Waals surface area contributed by atoms with Crippen molar-refractivity contribution in [3.63, 3.8) is 0 Å². The maximum Gasteiger partial charge on any atom is 0.253 e. The zero-order valence-corrected chi connectivity index (χ0v) is 13.6. The molecule has 0 radical (unpaired) electrons. The maximum absolute atomic E-state index is 12.6. The Hall–Kier alpha value is -1.39. The van der Waals surface area contributed by atoms with Gasteiger partial charge in [0.25, 0.3) is 5.91 Å². The summed E-state index contributed by atoms with van der Waals surface area (Å²) in [6, 6.07) is 8.77. The van der Waals surface area contributed by atoms with Crippen LogP contribution in [0.2, 0.25) is 0 Å². The minimum Gasteiger partial charge on any atom is -0.339 e. The van der Waals surface area contributed by atoms with Gasteiger partial charge in [-0.25, -0.2) is 0 Å². The highest BCUT2D eigenvalue weighted by molar-refractivity contribution is 5.94. The fourth-order valence-corrected chi connectivity index (χ4v) is 3.43.